The van der Waals surface area contributed by atoms with Crippen molar-refractivity contribution in [2.75, 3.05) is 20.2 Å². The summed E-state index contributed by atoms with van der Waals surface area (Å²) in [6.45, 7) is 2.98. The van der Waals surface area contributed by atoms with Crippen molar-refractivity contribution in [1.82, 2.24) is 4.90 Å². The molecular weight excluding hydrogens is 350 g/mol. The highest BCUT2D eigenvalue weighted by atomic mass is 16.5. The first kappa shape index (κ1) is 20.2. The third-order valence-corrected chi connectivity index (χ3v) is 5.43. The minimum atomic E-state index is -0.744. The van der Waals surface area contributed by atoms with Crippen molar-refractivity contribution in [3.63, 3.8) is 0 Å². The van der Waals surface area contributed by atoms with Gasteiger partial charge >= 0.3 is 5.97 Å². The molecule has 28 heavy (non-hydrogen) atoms. The average molecular weight is 380 g/mol. The fourth-order valence-corrected chi connectivity index (χ4v) is 4.09. The Morgan fingerprint density at radius 3 is 2.61 bits per heavy atom. The van der Waals surface area contributed by atoms with Crippen molar-refractivity contribution in [1.29, 1.82) is 0 Å². The van der Waals surface area contributed by atoms with Crippen LogP contribution in [0.25, 0.3) is 0 Å². The van der Waals surface area contributed by atoms with Crippen LogP contribution in [0.3, 0.4) is 0 Å². The van der Waals surface area contributed by atoms with Gasteiger partial charge in [0.05, 0.1) is 7.11 Å². The summed E-state index contributed by atoms with van der Waals surface area (Å²) < 4.78 is 5.63. The number of carboxylic acids is 1. The molecular formula is C24H29NO3. The molecule has 0 unspecified atom stereocenters. The third kappa shape index (κ3) is 5.46. The van der Waals surface area contributed by atoms with Crippen molar-refractivity contribution in [3.05, 3.63) is 77.9 Å². The van der Waals surface area contributed by atoms with Gasteiger partial charge < -0.3 is 9.84 Å². The molecule has 1 aliphatic rings. The Hall–Kier alpha value is -2.59. The van der Waals surface area contributed by atoms with E-state index in [0.717, 1.165) is 31.8 Å². The summed E-state index contributed by atoms with van der Waals surface area (Å²) in [7, 11) is 1.73. The second-order valence-corrected chi connectivity index (χ2v) is 7.43. The van der Waals surface area contributed by atoms with E-state index < -0.39 is 5.97 Å². The van der Waals surface area contributed by atoms with Crippen molar-refractivity contribution in [2.24, 2.45) is 5.92 Å². The predicted molar refractivity (Wildman–Crippen MR) is 112 cm³/mol. The summed E-state index contributed by atoms with van der Waals surface area (Å²) in [5, 5.41) is 8.79. The summed E-state index contributed by atoms with van der Waals surface area (Å²) in [4.78, 5) is 13.2. The van der Waals surface area contributed by atoms with Crippen LogP contribution >= 0.6 is 0 Å². The van der Waals surface area contributed by atoms with E-state index in [-0.39, 0.29) is 6.42 Å². The molecule has 0 amide bonds. The largest absolute Gasteiger partial charge is 0.496 e. The summed E-state index contributed by atoms with van der Waals surface area (Å²) >= 11 is 0. The molecule has 1 N–H and O–H groups in total. The Labute approximate surface area is 167 Å². The molecule has 0 bridgehead atoms. The topological polar surface area (TPSA) is 49.8 Å². The highest BCUT2D eigenvalue weighted by Crippen LogP contribution is 2.39. The van der Waals surface area contributed by atoms with Crippen molar-refractivity contribution in [2.45, 2.75) is 31.7 Å². The second-order valence-electron chi connectivity index (χ2n) is 7.43. The molecule has 2 aromatic rings. The molecule has 1 fully saturated rings. The monoisotopic (exact) mass is 379 g/mol. The maximum absolute atomic E-state index is 10.7. The molecule has 0 saturated carbocycles. The highest BCUT2D eigenvalue weighted by Gasteiger charge is 2.34. The van der Waals surface area contributed by atoms with Gasteiger partial charge in [-0.1, -0.05) is 60.7 Å². The van der Waals surface area contributed by atoms with Gasteiger partial charge in [-0.25, -0.2) is 0 Å². The van der Waals surface area contributed by atoms with E-state index in [1.165, 1.54) is 11.1 Å². The van der Waals surface area contributed by atoms with Crippen LogP contribution in [0.4, 0.5) is 0 Å². The standard InChI is InChI=1S/C24H29NO3/c1-28-23-14-9-8-13-21(23)22-18-25(16-19-10-4-2-5-11-19)17-20(22)12-6-3-7-15-24(26)27/h2-6,8-11,13-14,20,22H,7,12,15-18H2,1H3,(H,26,27)/t20-,22+/m1/s1. The fraction of sp³-hybridized carbons (Fsp3) is 0.375. The van der Waals surface area contributed by atoms with E-state index in [4.69, 9.17) is 9.84 Å². The molecule has 1 aliphatic heterocycles. The number of carboxylic acid groups (broad SMARTS) is 1. The van der Waals surface area contributed by atoms with Crippen molar-refractivity contribution >= 4 is 5.97 Å². The molecule has 1 heterocycles. The zero-order valence-corrected chi connectivity index (χ0v) is 16.5. The summed E-state index contributed by atoms with van der Waals surface area (Å²) in [5.74, 6) is 1.10. The first-order chi connectivity index (χ1) is 13.7. The van der Waals surface area contributed by atoms with Gasteiger partial charge in [0.2, 0.25) is 0 Å². The number of benzene rings is 2. The van der Waals surface area contributed by atoms with Gasteiger partial charge in [-0.3, -0.25) is 9.69 Å². The predicted octanol–water partition coefficient (Wildman–Crippen LogP) is 4.72. The number of hydrogen-bond donors (Lipinski definition) is 1. The van der Waals surface area contributed by atoms with E-state index in [9.17, 15) is 4.79 Å². The van der Waals surface area contributed by atoms with E-state index >= 15 is 0 Å². The Bertz CT molecular complexity index is 787. The molecule has 0 radical (unpaired) electrons. The van der Waals surface area contributed by atoms with Crippen LogP contribution in [-0.4, -0.2) is 36.2 Å². The molecule has 1 saturated heterocycles. The van der Waals surface area contributed by atoms with Crippen LogP contribution in [0.1, 0.15) is 36.3 Å². The summed E-state index contributed by atoms with van der Waals surface area (Å²) in [6.07, 6.45) is 5.90. The zero-order valence-electron chi connectivity index (χ0n) is 16.5. The highest BCUT2D eigenvalue weighted by molar-refractivity contribution is 5.66. The molecule has 0 aliphatic carbocycles. The molecule has 2 aromatic carbocycles. The second kappa shape index (κ2) is 10.1. The minimum Gasteiger partial charge on any atom is -0.496 e. The molecule has 3 rings (SSSR count). The molecule has 4 heteroatoms. The Morgan fingerprint density at radius 1 is 1.11 bits per heavy atom. The van der Waals surface area contributed by atoms with Crippen LogP contribution in [0.5, 0.6) is 5.75 Å². The number of para-hydroxylation sites is 1. The van der Waals surface area contributed by atoms with E-state index in [2.05, 4.69) is 53.4 Å². The minimum absolute atomic E-state index is 0.192. The number of methoxy groups -OCH3 is 1. The van der Waals surface area contributed by atoms with Crippen LogP contribution in [0.15, 0.2) is 66.7 Å². The number of nitrogens with zero attached hydrogens (tertiary/aromatic N) is 1. The lowest BCUT2D eigenvalue weighted by Gasteiger charge is -2.20. The number of likely N-dealkylation sites (tertiary alicyclic amines) is 1. The van der Waals surface area contributed by atoms with E-state index in [1.807, 2.05) is 18.2 Å². The third-order valence-electron chi connectivity index (χ3n) is 5.43. The smallest absolute Gasteiger partial charge is 0.303 e. The maximum Gasteiger partial charge on any atom is 0.303 e. The molecule has 2 atom stereocenters. The lowest BCUT2D eigenvalue weighted by Crippen LogP contribution is -2.20. The maximum atomic E-state index is 10.7. The molecule has 0 aromatic heterocycles. The van der Waals surface area contributed by atoms with Gasteiger partial charge in [-0.05, 0) is 36.0 Å². The Morgan fingerprint density at radius 2 is 1.86 bits per heavy atom. The van der Waals surface area contributed by atoms with Crippen LogP contribution in [-0.2, 0) is 11.3 Å². The fourth-order valence-electron chi connectivity index (χ4n) is 4.09. The van der Waals surface area contributed by atoms with Gasteiger partial charge in [-0.15, -0.1) is 0 Å². The van der Waals surface area contributed by atoms with Gasteiger partial charge in [0.25, 0.3) is 0 Å². The zero-order chi connectivity index (χ0) is 19.8. The average Bonchev–Trinajstić information content (AvgIpc) is 3.10. The van der Waals surface area contributed by atoms with Gasteiger partial charge in [0, 0.05) is 32.0 Å². The number of allylic oxidation sites excluding steroid dienone is 2. The summed E-state index contributed by atoms with van der Waals surface area (Å²) in [5.41, 5.74) is 2.60. The van der Waals surface area contributed by atoms with Gasteiger partial charge in [-0.2, -0.15) is 0 Å². The van der Waals surface area contributed by atoms with Crippen molar-refractivity contribution < 1.29 is 14.6 Å². The molecule has 0 spiro atoms. The lowest BCUT2D eigenvalue weighted by molar-refractivity contribution is -0.136. The number of hydrogen-bond acceptors (Lipinski definition) is 3. The Balaban J connectivity index is 1.72. The summed E-state index contributed by atoms with van der Waals surface area (Å²) in [6, 6.07) is 18.9. The van der Waals surface area contributed by atoms with Crippen LogP contribution in [0, 0.1) is 5.92 Å². The number of carbonyl (C=O) groups is 1. The van der Waals surface area contributed by atoms with Gasteiger partial charge in [0.1, 0.15) is 5.75 Å². The molecule has 148 valence electrons. The van der Waals surface area contributed by atoms with E-state index in [0.29, 0.717) is 18.3 Å². The number of rotatable bonds is 9. The Kier molecular flexibility index (Phi) is 7.26. The first-order valence-corrected chi connectivity index (χ1v) is 9.93. The van der Waals surface area contributed by atoms with Crippen LogP contribution < -0.4 is 4.74 Å². The molecule has 4 nitrogen and oxygen atoms in total. The van der Waals surface area contributed by atoms with Crippen molar-refractivity contribution in [3.8, 4) is 5.75 Å². The van der Waals surface area contributed by atoms with Gasteiger partial charge in [0.15, 0.2) is 0 Å². The lowest BCUT2D eigenvalue weighted by atomic mass is 9.86. The first-order valence-electron chi connectivity index (χ1n) is 9.93. The SMILES string of the molecule is COc1ccccc1[C@H]1CN(Cc2ccccc2)C[C@H]1CC=CCCC(=O)O. The number of aliphatic carboxylic acids is 1. The quantitative estimate of drug-likeness (QED) is 0.641. The van der Waals surface area contributed by atoms with E-state index in [1.54, 1.807) is 7.11 Å². The van der Waals surface area contributed by atoms with Crippen LogP contribution in [0.2, 0.25) is 0 Å². The number of ether oxygens (including phenoxy) is 1. The normalized spacial score (nSPS) is 19.9.